The van der Waals surface area contributed by atoms with E-state index in [0.29, 0.717) is 11.5 Å². The van der Waals surface area contributed by atoms with Crippen molar-refractivity contribution in [2.24, 2.45) is 5.92 Å². The van der Waals surface area contributed by atoms with Crippen LogP contribution in [-0.4, -0.2) is 39.5 Å². The molecule has 1 fully saturated rings. The van der Waals surface area contributed by atoms with E-state index >= 15 is 0 Å². The molecule has 0 aliphatic heterocycles. The van der Waals surface area contributed by atoms with E-state index in [1.165, 1.54) is 6.42 Å². The first-order chi connectivity index (χ1) is 12.7. The van der Waals surface area contributed by atoms with E-state index in [1.54, 1.807) is 26.0 Å². The molecule has 0 heterocycles. The van der Waals surface area contributed by atoms with E-state index in [0.717, 1.165) is 24.8 Å². The van der Waals surface area contributed by atoms with Crippen LogP contribution in [0.4, 0.5) is 0 Å². The fourth-order valence-corrected chi connectivity index (χ4v) is 4.50. The van der Waals surface area contributed by atoms with Gasteiger partial charge in [0.2, 0.25) is 10.0 Å². The van der Waals surface area contributed by atoms with E-state index in [4.69, 9.17) is 4.74 Å². The van der Waals surface area contributed by atoms with E-state index in [9.17, 15) is 18.0 Å². The van der Waals surface area contributed by atoms with Crippen LogP contribution in [0.25, 0.3) is 0 Å². The van der Waals surface area contributed by atoms with Gasteiger partial charge >= 0.3 is 5.97 Å². The minimum absolute atomic E-state index is 0.104. The number of nitrogens with one attached hydrogen (secondary N) is 2. The number of rotatable bonds is 7. The van der Waals surface area contributed by atoms with Crippen LogP contribution in [-0.2, 0) is 24.3 Å². The Hall–Kier alpha value is -1.93. The van der Waals surface area contributed by atoms with Gasteiger partial charge in [0, 0.05) is 6.04 Å². The molecule has 1 aromatic carbocycles. The van der Waals surface area contributed by atoms with Gasteiger partial charge in [0.25, 0.3) is 5.91 Å². The molecular weight excluding hydrogens is 368 g/mol. The van der Waals surface area contributed by atoms with Crippen LogP contribution in [0.5, 0.6) is 0 Å². The Morgan fingerprint density at radius 3 is 2.59 bits per heavy atom. The predicted molar refractivity (Wildman–Crippen MR) is 102 cm³/mol. The van der Waals surface area contributed by atoms with E-state index in [1.807, 2.05) is 6.07 Å². The number of carbonyl (C=O) groups excluding carboxylic acids is 2. The number of carbonyl (C=O) groups is 2. The zero-order valence-electron chi connectivity index (χ0n) is 16.1. The molecule has 0 saturated heterocycles. The third-order valence-corrected chi connectivity index (χ3v) is 6.41. The molecule has 150 valence electrons. The fourth-order valence-electron chi connectivity index (χ4n) is 3.20. The number of sulfonamides is 1. The lowest BCUT2D eigenvalue weighted by atomic mass is 9.86. The molecule has 7 nitrogen and oxygen atoms in total. The summed E-state index contributed by atoms with van der Waals surface area (Å²) in [5, 5.41) is 2.88. The fraction of sp³-hybridized carbons (Fsp3) is 0.579. The van der Waals surface area contributed by atoms with Gasteiger partial charge in [-0.3, -0.25) is 9.59 Å². The topological polar surface area (TPSA) is 102 Å². The van der Waals surface area contributed by atoms with Crippen molar-refractivity contribution < 1.29 is 22.7 Å². The summed E-state index contributed by atoms with van der Waals surface area (Å²) in [6, 6.07) is 5.17. The molecule has 1 aliphatic carbocycles. The van der Waals surface area contributed by atoms with Crippen molar-refractivity contribution in [3.8, 4) is 0 Å². The zero-order chi connectivity index (χ0) is 20.0. The maximum Gasteiger partial charge on any atom is 0.321 e. The van der Waals surface area contributed by atoms with E-state index < -0.39 is 29.1 Å². The third-order valence-electron chi connectivity index (χ3n) is 4.86. The molecule has 1 aliphatic rings. The number of ether oxygens (including phenoxy) is 1. The zero-order valence-corrected chi connectivity index (χ0v) is 16.9. The van der Waals surface area contributed by atoms with Crippen molar-refractivity contribution in [1.82, 2.24) is 10.0 Å². The quantitative estimate of drug-likeness (QED) is 0.685. The molecule has 2 atom stereocenters. The minimum Gasteiger partial charge on any atom is -0.455 e. The maximum absolute atomic E-state index is 12.3. The lowest BCUT2D eigenvalue weighted by Gasteiger charge is -2.29. The van der Waals surface area contributed by atoms with Gasteiger partial charge in [-0.05, 0) is 49.8 Å². The molecule has 0 aromatic heterocycles. The molecule has 0 bridgehead atoms. The molecule has 1 saturated carbocycles. The van der Waals surface area contributed by atoms with Crippen LogP contribution in [0.1, 0.15) is 43.7 Å². The molecule has 2 N–H and O–H groups in total. The Bertz CT molecular complexity index is 791. The Morgan fingerprint density at radius 2 is 1.89 bits per heavy atom. The monoisotopic (exact) mass is 396 g/mol. The maximum atomic E-state index is 12.3. The molecule has 8 heteroatoms. The van der Waals surface area contributed by atoms with Crippen LogP contribution in [0.2, 0.25) is 0 Å². The minimum atomic E-state index is -3.83. The second-order valence-electron chi connectivity index (χ2n) is 7.19. The first kappa shape index (κ1) is 21.4. The molecule has 0 spiro atoms. The van der Waals surface area contributed by atoms with Crippen molar-refractivity contribution >= 4 is 21.9 Å². The molecule has 0 unspecified atom stereocenters. The highest BCUT2D eigenvalue weighted by atomic mass is 32.2. The van der Waals surface area contributed by atoms with Gasteiger partial charge in [-0.1, -0.05) is 31.9 Å². The summed E-state index contributed by atoms with van der Waals surface area (Å²) in [5.41, 5.74) is 1.39. The number of amides is 1. The van der Waals surface area contributed by atoms with Gasteiger partial charge in [-0.15, -0.1) is 0 Å². The van der Waals surface area contributed by atoms with Crippen molar-refractivity contribution in [2.45, 2.75) is 57.4 Å². The van der Waals surface area contributed by atoms with E-state index in [2.05, 4.69) is 17.0 Å². The number of hydrogen-bond donors (Lipinski definition) is 2. The standard InChI is InChI=1S/C19H28N2O5S/c1-13-8-9-15(3)17(10-13)27(24,25)20-11-19(23)26-12-18(22)21-16-7-5-4-6-14(16)2/h8-10,14,16,20H,4-7,11-12H2,1-3H3,(H,21,22)/t14-,16+/m0/s1. The van der Waals surface area contributed by atoms with E-state index in [-0.39, 0.29) is 16.8 Å². The van der Waals surface area contributed by atoms with Gasteiger partial charge in [0.15, 0.2) is 6.61 Å². The van der Waals surface area contributed by atoms with Crippen LogP contribution in [0.15, 0.2) is 23.1 Å². The van der Waals surface area contributed by atoms with Crippen molar-refractivity contribution in [2.75, 3.05) is 13.2 Å². The number of benzene rings is 1. The summed E-state index contributed by atoms with van der Waals surface area (Å²) >= 11 is 0. The van der Waals surface area contributed by atoms with Gasteiger partial charge in [-0.2, -0.15) is 4.72 Å². The van der Waals surface area contributed by atoms with Gasteiger partial charge in [0.05, 0.1) is 4.90 Å². The Kier molecular flexibility index (Phi) is 7.38. The Labute approximate surface area is 160 Å². The SMILES string of the molecule is Cc1ccc(C)c(S(=O)(=O)NCC(=O)OCC(=O)N[C@@H]2CCCC[C@@H]2C)c1. The molecule has 2 rings (SSSR count). The normalized spacial score (nSPS) is 20.1. The van der Waals surface area contributed by atoms with Crippen LogP contribution >= 0.6 is 0 Å². The highest BCUT2D eigenvalue weighted by Crippen LogP contribution is 2.23. The van der Waals surface area contributed by atoms with Crippen LogP contribution < -0.4 is 10.0 Å². The average molecular weight is 397 g/mol. The smallest absolute Gasteiger partial charge is 0.321 e. The average Bonchev–Trinajstić information content (AvgIpc) is 2.62. The lowest BCUT2D eigenvalue weighted by Crippen LogP contribution is -2.43. The second-order valence-corrected chi connectivity index (χ2v) is 8.93. The van der Waals surface area contributed by atoms with Gasteiger partial charge in [-0.25, -0.2) is 8.42 Å². The second kappa shape index (κ2) is 9.32. The summed E-state index contributed by atoms with van der Waals surface area (Å²) in [7, 11) is -3.83. The number of hydrogen-bond acceptors (Lipinski definition) is 5. The third kappa shape index (κ3) is 6.32. The summed E-state index contributed by atoms with van der Waals surface area (Å²) in [6.45, 7) is 4.63. The summed E-state index contributed by atoms with van der Waals surface area (Å²) < 4.78 is 31.8. The number of esters is 1. The van der Waals surface area contributed by atoms with Gasteiger partial charge in [0.1, 0.15) is 6.54 Å². The molecule has 1 amide bonds. The van der Waals surface area contributed by atoms with Crippen LogP contribution in [0, 0.1) is 19.8 Å². The highest BCUT2D eigenvalue weighted by Gasteiger charge is 2.23. The molecule has 27 heavy (non-hydrogen) atoms. The van der Waals surface area contributed by atoms with Gasteiger partial charge < -0.3 is 10.1 Å². The van der Waals surface area contributed by atoms with Crippen molar-refractivity contribution in [1.29, 1.82) is 0 Å². The number of aryl methyl sites for hydroxylation is 2. The molecule has 0 radical (unpaired) electrons. The predicted octanol–water partition coefficient (Wildman–Crippen LogP) is 1.82. The molecular formula is C19H28N2O5S. The molecule has 1 aromatic rings. The van der Waals surface area contributed by atoms with Crippen LogP contribution in [0.3, 0.4) is 0 Å². The Morgan fingerprint density at radius 1 is 1.19 bits per heavy atom. The summed E-state index contributed by atoms with van der Waals surface area (Å²) in [6.07, 6.45) is 4.25. The van der Waals surface area contributed by atoms with Crippen molar-refractivity contribution in [3.05, 3.63) is 29.3 Å². The first-order valence-corrected chi connectivity index (χ1v) is 10.7. The lowest BCUT2D eigenvalue weighted by molar-refractivity contribution is -0.147. The first-order valence-electron chi connectivity index (χ1n) is 9.21. The highest BCUT2D eigenvalue weighted by molar-refractivity contribution is 7.89. The Balaban J connectivity index is 1.80. The summed E-state index contributed by atoms with van der Waals surface area (Å²) in [5.74, 6) is -0.752. The summed E-state index contributed by atoms with van der Waals surface area (Å²) in [4.78, 5) is 23.9. The van der Waals surface area contributed by atoms with Crippen molar-refractivity contribution in [3.63, 3.8) is 0 Å². The largest absolute Gasteiger partial charge is 0.455 e.